The average molecular weight is 296 g/mol. The maximum atomic E-state index is 14.5. The molecule has 0 unspecified atom stereocenters. The molecule has 0 bridgehead atoms. The zero-order chi connectivity index (χ0) is 15.0. The van der Waals surface area contributed by atoms with Crippen LogP contribution in [0.25, 0.3) is 10.4 Å². The summed E-state index contributed by atoms with van der Waals surface area (Å²) in [6.07, 6.45) is 4.73. The van der Waals surface area contributed by atoms with E-state index in [1.165, 1.54) is 28.0 Å². The second kappa shape index (κ2) is 6.04. The van der Waals surface area contributed by atoms with Crippen LogP contribution in [0.3, 0.4) is 0 Å². The zero-order valence-corrected chi connectivity index (χ0v) is 13.9. The van der Waals surface area contributed by atoms with E-state index in [2.05, 4.69) is 35.7 Å². The van der Waals surface area contributed by atoms with Gasteiger partial charge in [0.2, 0.25) is 0 Å². The molecule has 106 valence electrons. The molecule has 1 fully saturated rings. The van der Waals surface area contributed by atoms with Crippen LogP contribution in [-0.2, 0) is 0 Å². The van der Waals surface area contributed by atoms with Gasteiger partial charge in [-0.1, -0.05) is 42.3 Å². The van der Waals surface area contributed by atoms with E-state index in [9.17, 15) is 4.39 Å². The van der Waals surface area contributed by atoms with Gasteiger partial charge in [0.15, 0.2) is 7.85 Å². The van der Waals surface area contributed by atoms with Crippen molar-refractivity contribution in [3.8, 4) is 10.4 Å². The Morgan fingerprint density at radius 3 is 2.33 bits per heavy atom. The van der Waals surface area contributed by atoms with Crippen molar-refractivity contribution in [2.75, 3.05) is 0 Å². The van der Waals surface area contributed by atoms with Gasteiger partial charge in [-0.15, -0.1) is 0 Å². The lowest BCUT2D eigenvalue weighted by molar-refractivity contribution is 0.430. The Bertz CT molecular complexity index is 625. The first kappa shape index (κ1) is 15.0. The van der Waals surface area contributed by atoms with Crippen LogP contribution in [0.1, 0.15) is 37.2 Å². The first-order valence-electron chi connectivity index (χ1n) is 7.91. The van der Waals surface area contributed by atoms with Gasteiger partial charge in [0.1, 0.15) is 21.5 Å². The average Bonchev–Trinajstić information content (AvgIpc) is 2.80. The Labute approximate surface area is 133 Å². The van der Waals surface area contributed by atoms with Gasteiger partial charge in [-0.3, -0.25) is 0 Å². The van der Waals surface area contributed by atoms with E-state index in [1.807, 2.05) is 6.07 Å². The van der Waals surface area contributed by atoms with Crippen LogP contribution >= 0.6 is 11.3 Å². The lowest BCUT2D eigenvalue weighted by Crippen LogP contribution is -2.18. The van der Waals surface area contributed by atoms with Gasteiger partial charge in [-0.05, 0) is 40.7 Å². The van der Waals surface area contributed by atoms with Crippen LogP contribution in [-0.4, -0.2) is 23.5 Å². The summed E-state index contributed by atoms with van der Waals surface area (Å²) in [4.78, 5) is 1.17. The molecule has 1 aliphatic carbocycles. The summed E-state index contributed by atoms with van der Waals surface area (Å²) in [6, 6.07) is 8.02. The first-order chi connectivity index (χ1) is 10.0. The molecule has 0 radical (unpaired) electrons. The maximum absolute atomic E-state index is 14.5. The number of hydrogen-bond acceptors (Lipinski definition) is 1. The molecule has 1 aliphatic rings. The Balaban J connectivity index is 1.86. The summed E-state index contributed by atoms with van der Waals surface area (Å²) in [7, 11) is 6.54. The zero-order valence-electron chi connectivity index (χ0n) is 13.1. The van der Waals surface area contributed by atoms with E-state index in [1.54, 1.807) is 17.4 Å². The summed E-state index contributed by atoms with van der Waals surface area (Å²) in [5.74, 6) is 1.21. The van der Waals surface area contributed by atoms with Crippen LogP contribution in [0, 0.1) is 5.82 Å². The van der Waals surface area contributed by atoms with Crippen molar-refractivity contribution in [2.24, 2.45) is 0 Å². The van der Waals surface area contributed by atoms with Crippen molar-refractivity contribution in [1.29, 1.82) is 0 Å². The number of halogens is 1. The maximum Gasteiger partial charge on any atom is 0.151 e. The minimum absolute atomic E-state index is 0.0178. The molecule has 0 spiro atoms. The molecule has 0 amide bonds. The third-order valence-corrected chi connectivity index (χ3v) is 6.11. The summed E-state index contributed by atoms with van der Waals surface area (Å²) >= 11 is 1.75. The predicted octanol–water partition coefficient (Wildman–Crippen LogP) is 1.15. The first-order valence-corrected chi connectivity index (χ1v) is 8.73. The summed E-state index contributed by atoms with van der Waals surface area (Å²) in [6.45, 7) is 0. The molecule has 1 aromatic carbocycles. The molecular formula is C16H20B3FS. The third-order valence-electron chi connectivity index (χ3n) is 4.91. The van der Waals surface area contributed by atoms with Crippen molar-refractivity contribution in [2.45, 2.75) is 37.4 Å². The van der Waals surface area contributed by atoms with Gasteiger partial charge >= 0.3 is 0 Å². The fourth-order valence-corrected chi connectivity index (χ4v) is 4.33. The molecule has 3 rings (SSSR count). The standard InChI is InChI=1S/C16H20B3FS/c17-11-4-1-9(2-5-11)12-6-3-10(7-14(12)20)15-8-13(18)16(19)21-15/h3,6-9,11H,1-2,4-5,17-19H2. The smallest absolute Gasteiger partial charge is 0.151 e. The molecule has 1 saturated carbocycles. The van der Waals surface area contributed by atoms with Gasteiger partial charge < -0.3 is 0 Å². The monoisotopic (exact) mass is 296 g/mol. The summed E-state index contributed by atoms with van der Waals surface area (Å²) < 4.78 is 15.8. The predicted molar refractivity (Wildman–Crippen MR) is 99.6 cm³/mol. The van der Waals surface area contributed by atoms with Crippen LogP contribution in [0.5, 0.6) is 0 Å². The molecule has 0 atom stereocenters. The Morgan fingerprint density at radius 2 is 1.76 bits per heavy atom. The van der Waals surface area contributed by atoms with E-state index in [0.717, 1.165) is 29.8 Å². The fraction of sp³-hybridized carbons (Fsp3) is 0.375. The highest BCUT2D eigenvalue weighted by Gasteiger charge is 2.22. The Morgan fingerprint density at radius 1 is 1.05 bits per heavy atom. The topological polar surface area (TPSA) is 0 Å². The van der Waals surface area contributed by atoms with Crippen LogP contribution in [0.2, 0.25) is 5.82 Å². The number of rotatable bonds is 2. The molecule has 2 aromatic rings. The molecule has 0 nitrogen and oxygen atoms in total. The second-order valence-corrected chi connectivity index (χ2v) is 7.80. The van der Waals surface area contributed by atoms with Crippen LogP contribution in [0.15, 0.2) is 24.3 Å². The lowest BCUT2D eigenvalue weighted by atomic mass is 9.70. The SMILES string of the molecule is Bc1cc(-c2ccc(C3CCC(B)CC3)c(F)c2)sc1B. The van der Waals surface area contributed by atoms with E-state index < -0.39 is 0 Å². The summed E-state index contributed by atoms with van der Waals surface area (Å²) in [5.41, 5.74) is 3.23. The van der Waals surface area contributed by atoms with E-state index in [0.29, 0.717) is 5.92 Å². The highest BCUT2D eigenvalue weighted by molar-refractivity contribution is 7.24. The van der Waals surface area contributed by atoms with E-state index in [4.69, 9.17) is 0 Å². The number of thiophene rings is 1. The molecule has 1 aromatic heterocycles. The Hall–Kier alpha value is -0.955. The van der Waals surface area contributed by atoms with Crippen molar-refractivity contribution in [1.82, 2.24) is 0 Å². The van der Waals surface area contributed by atoms with E-state index in [-0.39, 0.29) is 5.82 Å². The van der Waals surface area contributed by atoms with Gasteiger partial charge in [-0.2, -0.15) is 11.3 Å². The van der Waals surface area contributed by atoms with Crippen LogP contribution < -0.4 is 10.2 Å². The molecule has 0 N–H and O–H groups in total. The normalized spacial score (nSPS) is 22.3. The van der Waals surface area contributed by atoms with Gasteiger partial charge in [0.05, 0.1) is 0 Å². The highest BCUT2D eigenvalue weighted by atomic mass is 32.1. The quantitative estimate of drug-likeness (QED) is 0.729. The summed E-state index contributed by atoms with van der Waals surface area (Å²) in [5, 5.41) is 0. The largest absolute Gasteiger partial charge is 0.207 e. The minimum Gasteiger partial charge on any atom is -0.207 e. The Kier molecular flexibility index (Phi) is 4.30. The van der Waals surface area contributed by atoms with Gasteiger partial charge in [0.25, 0.3) is 0 Å². The molecule has 1 heterocycles. The van der Waals surface area contributed by atoms with Crippen molar-refractivity contribution in [3.63, 3.8) is 0 Å². The number of hydrogen-bond donors (Lipinski definition) is 0. The molecule has 0 saturated heterocycles. The minimum atomic E-state index is -0.0178. The molecule has 5 heteroatoms. The lowest BCUT2D eigenvalue weighted by Gasteiger charge is -2.26. The fourth-order valence-electron chi connectivity index (χ4n) is 3.30. The van der Waals surface area contributed by atoms with Gasteiger partial charge in [-0.25, -0.2) is 4.39 Å². The van der Waals surface area contributed by atoms with Crippen molar-refractivity contribution in [3.05, 3.63) is 35.6 Å². The van der Waals surface area contributed by atoms with Crippen molar-refractivity contribution < 1.29 is 4.39 Å². The molecule has 0 aliphatic heterocycles. The third kappa shape index (κ3) is 3.13. The molecule has 21 heavy (non-hydrogen) atoms. The van der Waals surface area contributed by atoms with Gasteiger partial charge in [0, 0.05) is 4.88 Å². The molecular weight excluding hydrogens is 276 g/mol. The van der Waals surface area contributed by atoms with E-state index >= 15 is 0 Å². The highest BCUT2D eigenvalue weighted by Crippen LogP contribution is 2.38. The van der Waals surface area contributed by atoms with Crippen LogP contribution in [0.4, 0.5) is 4.39 Å². The number of benzene rings is 1. The van der Waals surface area contributed by atoms with Crippen molar-refractivity contribution >= 4 is 45.1 Å². The second-order valence-electron chi connectivity index (χ2n) is 6.54.